The molecule has 0 unspecified atom stereocenters. The molecule has 9 heteroatoms. The Morgan fingerprint density at radius 2 is 2.00 bits per heavy atom. The summed E-state index contributed by atoms with van der Waals surface area (Å²) in [6, 6.07) is 8.22. The van der Waals surface area contributed by atoms with Crippen molar-refractivity contribution >= 4 is 17.2 Å². The Kier molecular flexibility index (Phi) is 7.23. The lowest BCUT2D eigenvalue weighted by molar-refractivity contribution is 0.0689. The van der Waals surface area contributed by atoms with Crippen LogP contribution in [0, 0.1) is 12.7 Å². The van der Waals surface area contributed by atoms with Crippen LogP contribution in [0.2, 0.25) is 0 Å². The third-order valence-electron chi connectivity index (χ3n) is 4.86. The van der Waals surface area contributed by atoms with Gasteiger partial charge in [0.15, 0.2) is 0 Å². The number of carbonyl (C=O) groups is 1. The molecule has 1 aromatic carbocycles. The number of aromatic nitrogens is 4. The van der Waals surface area contributed by atoms with Gasteiger partial charge in [0.05, 0.1) is 11.8 Å². The van der Waals surface area contributed by atoms with E-state index in [4.69, 9.17) is 4.52 Å². The second-order valence-electron chi connectivity index (χ2n) is 8.03. The molecule has 0 aliphatic carbocycles. The number of halogens is 1. The highest BCUT2D eigenvalue weighted by Crippen LogP contribution is 2.25. The zero-order chi connectivity index (χ0) is 24.2. The number of rotatable bonds is 6. The predicted molar refractivity (Wildman–Crippen MR) is 124 cm³/mol. The van der Waals surface area contributed by atoms with Gasteiger partial charge in [-0.2, -0.15) is 4.98 Å². The summed E-state index contributed by atoms with van der Waals surface area (Å²) in [5, 5.41) is 16.7. The minimum Gasteiger partial charge on any atom is -0.390 e. The van der Waals surface area contributed by atoms with Gasteiger partial charge in [-0.1, -0.05) is 31.1 Å². The van der Waals surface area contributed by atoms with Crippen LogP contribution in [0.1, 0.15) is 56.1 Å². The zero-order valence-corrected chi connectivity index (χ0v) is 19.4. The molecule has 0 aliphatic rings. The number of hydrogen-bond acceptors (Lipinski definition) is 6. The van der Waals surface area contributed by atoms with Gasteiger partial charge in [-0.25, -0.2) is 9.37 Å². The van der Waals surface area contributed by atoms with Gasteiger partial charge in [0.2, 0.25) is 11.7 Å². The van der Waals surface area contributed by atoms with E-state index in [-0.39, 0.29) is 5.69 Å². The van der Waals surface area contributed by atoms with Crippen molar-refractivity contribution in [3.63, 3.8) is 0 Å². The molecular formula is C24H28FN5O3. The molecule has 0 aliphatic heterocycles. The maximum absolute atomic E-state index is 13.6. The van der Waals surface area contributed by atoms with Crippen molar-refractivity contribution < 1.29 is 18.8 Å². The molecule has 0 fully saturated rings. The summed E-state index contributed by atoms with van der Waals surface area (Å²) < 4.78 is 20.3. The van der Waals surface area contributed by atoms with Crippen LogP contribution >= 0.6 is 0 Å². The quantitative estimate of drug-likeness (QED) is 0.434. The Morgan fingerprint density at radius 3 is 2.73 bits per heavy atom. The molecule has 1 amide bonds. The monoisotopic (exact) mass is 453 g/mol. The number of benzene rings is 1. The Morgan fingerprint density at radius 1 is 1.24 bits per heavy atom. The van der Waals surface area contributed by atoms with E-state index in [1.54, 1.807) is 19.9 Å². The number of hydrogen-bond donors (Lipinski definition) is 2. The van der Waals surface area contributed by atoms with Gasteiger partial charge in [-0.05, 0) is 51.0 Å². The van der Waals surface area contributed by atoms with Crippen LogP contribution in [-0.4, -0.2) is 36.1 Å². The average molecular weight is 454 g/mol. The molecule has 0 saturated heterocycles. The molecule has 8 nitrogen and oxygen atoms in total. The Hall–Kier alpha value is -3.59. The zero-order valence-electron chi connectivity index (χ0n) is 19.4. The van der Waals surface area contributed by atoms with Crippen molar-refractivity contribution in [2.75, 3.05) is 5.32 Å². The van der Waals surface area contributed by atoms with E-state index in [0.717, 1.165) is 5.56 Å². The fourth-order valence-corrected chi connectivity index (χ4v) is 3.09. The Bertz CT molecular complexity index is 1260. The molecule has 0 radical (unpaired) electrons. The highest BCUT2D eigenvalue weighted by Gasteiger charge is 2.18. The smallest absolute Gasteiger partial charge is 0.274 e. The SMILES string of the molecule is CC.Cc1ccc(-c2noc(CCC(C)(C)O)n2)cc1NC(=O)c1cnc2ccc(F)cn12. The molecule has 2 N–H and O–H groups in total. The lowest BCUT2D eigenvalue weighted by Gasteiger charge is -2.14. The summed E-state index contributed by atoms with van der Waals surface area (Å²) in [6.07, 6.45) is 3.56. The maximum Gasteiger partial charge on any atom is 0.274 e. The number of anilines is 1. The van der Waals surface area contributed by atoms with Gasteiger partial charge in [-0.3, -0.25) is 9.20 Å². The summed E-state index contributed by atoms with van der Waals surface area (Å²) in [6.45, 7) is 9.30. The number of nitrogens with zero attached hydrogens (tertiary/aromatic N) is 4. The van der Waals surface area contributed by atoms with Gasteiger partial charge in [0, 0.05) is 23.9 Å². The van der Waals surface area contributed by atoms with Crippen LogP contribution in [0.5, 0.6) is 0 Å². The number of amides is 1. The lowest BCUT2D eigenvalue weighted by Crippen LogP contribution is -2.19. The van der Waals surface area contributed by atoms with Crippen molar-refractivity contribution in [3.05, 3.63) is 65.7 Å². The average Bonchev–Trinajstić information content (AvgIpc) is 3.42. The molecule has 0 saturated carbocycles. The van der Waals surface area contributed by atoms with Gasteiger partial charge in [0.25, 0.3) is 5.91 Å². The van der Waals surface area contributed by atoms with E-state index in [9.17, 15) is 14.3 Å². The van der Waals surface area contributed by atoms with E-state index in [1.807, 2.05) is 32.9 Å². The third-order valence-corrected chi connectivity index (χ3v) is 4.86. The molecule has 3 heterocycles. The Labute approximate surface area is 191 Å². The van der Waals surface area contributed by atoms with Crippen LogP contribution in [0.15, 0.2) is 47.2 Å². The van der Waals surface area contributed by atoms with Gasteiger partial charge in [0.1, 0.15) is 17.2 Å². The maximum atomic E-state index is 13.6. The number of aryl methyl sites for hydroxylation is 2. The molecule has 0 atom stereocenters. The second-order valence-corrected chi connectivity index (χ2v) is 8.03. The Balaban J connectivity index is 0.00000149. The fourth-order valence-electron chi connectivity index (χ4n) is 3.09. The number of pyridine rings is 1. The molecule has 0 bridgehead atoms. The number of fused-ring (bicyclic) bond motifs is 1. The van der Waals surface area contributed by atoms with E-state index in [2.05, 4.69) is 20.4 Å². The van der Waals surface area contributed by atoms with Crippen LogP contribution in [0.25, 0.3) is 17.0 Å². The third kappa shape index (κ3) is 5.81. The van der Waals surface area contributed by atoms with Crippen LogP contribution in [0.3, 0.4) is 0 Å². The first-order chi connectivity index (χ1) is 15.7. The normalized spacial score (nSPS) is 11.2. The van der Waals surface area contributed by atoms with Crippen molar-refractivity contribution in [2.24, 2.45) is 0 Å². The minimum absolute atomic E-state index is 0.216. The van der Waals surface area contributed by atoms with Crippen molar-refractivity contribution in [3.8, 4) is 11.4 Å². The molecule has 0 spiro atoms. The molecule has 174 valence electrons. The van der Waals surface area contributed by atoms with Crippen LogP contribution < -0.4 is 5.32 Å². The molecule has 4 rings (SSSR count). The van der Waals surface area contributed by atoms with E-state index in [0.29, 0.717) is 41.5 Å². The summed E-state index contributed by atoms with van der Waals surface area (Å²) in [5.74, 6) is -0.0679. The molecule has 4 aromatic rings. The topological polar surface area (TPSA) is 106 Å². The summed E-state index contributed by atoms with van der Waals surface area (Å²) in [7, 11) is 0. The summed E-state index contributed by atoms with van der Waals surface area (Å²) in [4.78, 5) is 21.3. The first-order valence-corrected chi connectivity index (χ1v) is 10.8. The highest BCUT2D eigenvalue weighted by atomic mass is 19.1. The largest absolute Gasteiger partial charge is 0.390 e. The van der Waals surface area contributed by atoms with E-state index < -0.39 is 17.3 Å². The highest BCUT2D eigenvalue weighted by molar-refractivity contribution is 6.04. The number of nitrogens with one attached hydrogen (secondary N) is 1. The molecule has 3 aromatic heterocycles. The first kappa shape index (κ1) is 24.1. The van der Waals surface area contributed by atoms with E-state index >= 15 is 0 Å². The number of aliphatic hydroxyl groups is 1. The van der Waals surface area contributed by atoms with E-state index in [1.165, 1.54) is 28.9 Å². The summed E-state index contributed by atoms with van der Waals surface area (Å²) >= 11 is 0. The fraction of sp³-hybridized carbons (Fsp3) is 0.333. The second kappa shape index (κ2) is 9.91. The number of imidazole rings is 1. The van der Waals surface area contributed by atoms with Crippen LogP contribution in [0.4, 0.5) is 10.1 Å². The van der Waals surface area contributed by atoms with Crippen molar-refractivity contribution in [1.82, 2.24) is 19.5 Å². The van der Waals surface area contributed by atoms with Crippen molar-refractivity contribution in [2.45, 2.75) is 53.1 Å². The minimum atomic E-state index is -0.823. The van der Waals surface area contributed by atoms with Gasteiger partial charge >= 0.3 is 0 Å². The molecule has 33 heavy (non-hydrogen) atoms. The summed E-state index contributed by atoms with van der Waals surface area (Å²) in [5.41, 5.74) is 1.94. The van der Waals surface area contributed by atoms with Crippen LogP contribution in [-0.2, 0) is 6.42 Å². The number of carbonyl (C=O) groups excluding carboxylic acids is 1. The van der Waals surface area contributed by atoms with Crippen molar-refractivity contribution in [1.29, 1.82) is 0 Å². The standard InChI is InChI=1S/C22H22FN5O3.C2H6/c1-13-4-5-14(20-26-19(31-27-20)8-9-22(2,3)30)10-16(13)25-21(29)17-11-24-18-7-6-15(23)12-28(17)18;1-2/h4-7,10-12,30H,8-9H2,1-3H3,(H,25,29);1-2H3. The van der Waals surface area contributed by atoms with Gasteiger partial charge < -0.3 is 14.9 Å². The predicted octanol–water partition coefficient (Wildman–Crippen LogP) is 4.81. The lowest BCUT2D eigenvalue weighted by atomic mass is 10.0. The first-order valence-electron chi connectivity index (χ1n) is 10.8. The molecular weight excluding hydrogens is 425 g/mol. The van der Waals surface area contributed by atoms with Gasteiger partial charge in [-0.15, -0.1) is 0 Å².